The minimum Gasteiger partial charge on any atom is -0.493 e. The van der Waals surface area contributed by atoms with Crippen molar-refractivity contribution in [2.75, 3.05) is 19.5 Å². The molecule has 1 heterocycles. The highest BCUT2D eigenvalue weighted by Crippen LogP contribution is 2.39. The summed E-state index contributed by atoms with van der Waals surface area (Å²) >= 11 is 0. The summed E-state index contributed by atoms with van der Waals surface area (Å²) < 4.78 is 56.6. The zero-order valence-corrected chi connectivity index (χ0v) is 18.3. The van der Waals surface area contributed by atoms with Gasteiger partial charge in [0.05, 0.1) is 25.2 Å². The van der Waals surface area contributed by atoms with E-state index in [9.17, 15) is 32.9 Å². The van der Waals surface area contributed by atoms with E-state index >= 15 is 0 Å². The molecule has 3 rings (SSSR count). The number of rotatable bonds is 8. The van der Waals surface area contributed by atoms with Gasteiger partial charge in [-0.05, 0) is 30.7 Å². The molecule has 0 saturated carbocycles. The first-order valence-corrected chi connectivity index (χ1v) is 9.56. The molecule has 3 aromatic rings. The molecule has 0 aliphatic rings. The van der Waals surface area contributed by atoms with Crippen LogP contribution in [-0.2, 0) is 11.3 Å². The number of halogens is 3. The monoisotopic (exact) mass is 498 g/mol. The lowest BCUT2D eigenvalue weighted by molar-refractivity contribution is -0.384. The third-order valence-corrected chi connectivity index (χ3v) is 4.53. The highest BCUT2D eigenvalue weighted by Gasteiger charge is 2.31. The van der Waals surface area contributed by atoms with Crippen LogP contribution in [0.1, 0.15) is 5.56 Å². The fourth-order valence-corrected chi connectivity index (χ4v) is 3.00. The maximum atomic E-state index is 12.4. The Bertz CT molecular complexity index is 1330. The Morgan fingerprint density at radius 3 is 2.43 bits per heavy atom. The topological polar surface area (TPSA) is 148 Å². The van der Waals surface area contributed by atoms with Crippen molar-refractivity contribution in [2.45, 2.75) is 19.8 Å². The Hall–Kier alpha value is -4.56. The number of ether oxygens (including phenoxy) is 3. The number of methoxy groups -OCH3 is 2. The Labute approximate surface area is 194 Å². The molecule has 0 aliphatic heterocycles. The lowest BCUT2D eigenvalue weighted by Crippen LogP contribution is -2.26. The number of carbonyl (C=O) groups excluding carboxylic acids is 1. The van der Waals surface area contributed by atoms with Crippen molar-refractivity contribution < 1.29 is 41.5 Å². The predicted octanol–water partition coefficient (Wildman–Crippen LogP) is 3.27. The van der Waals surface area contributed by atoms with E-state index in [0.717, 1.165) is 18.2 Å². The molecule has 35 heavy (non-hydrogen) atoms. The predicted molar refractivity (Wildman–Crippen MR) is 112 cm³/mol. The second-order valence-corrected chi connectivity index (χ2v) is 6.88. The van der Waals surface area contributed by atoms with Crippen molar-refractivity contribution in [3.63, 3.8) is 0 Å². The van der Waals surface area contributed by atoms with Crippen molar-refractivity contribution >= 4 is 17.3 Å². The SMILES string of the molecule is COc1cc(-c2nn(CC(=O)Nc3ccc(OC(F)(F)F)cc3C)c(=O)o2)c([N+](=O)[O-])cc1OC. The number of nitro groups is 1. The molecule has 0 bridgehead atoms. The molecule has 0 aliphatic carbocycles. The van der Waals surface area contributed by atoms with Gasteiger partial charge in [-0.2, -0.15) is 4.68 Å². The van der Waals surface area contributed by atoms with Gasteiger partial charge >= 0.3 is 12.1 Å². The minimum absolute atomic E-state index is 0.0612. The first kappa shape index (κ1) is 25.1. The minimum atomic E-state index is -4.87. The largest absolute Gasteiger partial charge is 0.573 e. The zero-order valence-electron chi connectivity index (χ0n) is 18.3. The van der Waals surface area contributed by atoms with Gasteiger partial charge in [0, 0.05) is 11.8 Å². The fourth-order valence-electron chi connectivity index (χ4n) is 3.00. The number of nitrogens with one attached hydrogen (secondary N) is 1. The lowest BCUT2D eigenvalue weighted by Gasteiger charge is -2.12. The van der Waals surface area contributed by atoms with E-state index in [1.807, 2.05) is 0 Å². The second kappa shape index (κ2) is 9.74. The molecule has 0 fully saturated rings. The zero-order chi connectivity index (χ0) is 25.9. The summed E-state index contributed by atoms with van der Waals surface area (Å²) in [5.74, 6) is -2.59. The molecule has 2 aromatic carbocycles. The summed E-state index contributed by atoms with van der Waals surface area (Å²) in [5, 5.41) is 17.8. The van der Waals surface area contributed by atoms with Crippen LogP contribution in [0, 0.1) is 17.0 Å². The van der Waals surface area contributed by atoms with Crippen LogP contribution in [0.2, 0.25) is 0 Å². The quantitative estimate of drug-likeness (QED) is 0.365. The van der Waals surface area contributed by atoms with Crippen molar-refractivity contribution in [2.24, 2.45) is 0 Å². The van der Waals surface area contributed by atoms with E-state index in [2.05, 4.69) is 15.2 Å². The van der Waals surface area contributed by atoms with Gasteiger partial charge in [-0.3, -0.25) is 14.9 Å². The summed E-state index contributed by atoms with van der Waals surface area (Å²) in [6, 6.07) is 5.53. The van der Waals surface area contributed by atoms with Gasteiger partial charge in [-0.25, -0.2) is 4.79 Å². The van der Waals surface area contributed by atoms with E-state index in [0.29, 0.717) is 4.68 Å². The summed E-state index contributed by atoms with van der Waals surface area (Å²) in [6.45, 7) is 0.791. The number of aromatic nitrogens is 2. The van der Waals surface area contributed by atoms with Gasteiger partial charge in [0.2, 0.25) is 5.91 Å². The molecule has 0 unspecified atom stereocenters. The van der Waals surface area contributed by atoms with Gasteiger partial charge in [-0.15, -0.1) is 18.3 Å². The third kappa shape index (κ3) is 5.87. The number of amides is 1. The number of carbonyl (C=O) groups is 1. The first-order chi connectivity index (χ1) is 16.4. The molecule has 1 amide bonds. The summed E-state index contributed by atoms with van der Waals surface area (Å²) in [5.41, 5.74) is -0.261. The molecule has 1 N–H and O–H groups in total. The highest BCUT2D eigenvalue weighted by atomic mass is 19.4. The van der Waals surface area contributed by atoms with Crippen molar-refractivity contribution in [3.8, 4) is 28.7 Å². The van der Waals surface area contributed by atoms with Gasteiger partial charge < -0.3 is 23.9 Å². The molecule has 1 aromatic heterocycles. The Kier molecular flexibility index (Phi) is 6.98. The van der Waals surface area contributed by atoms with Gasteiger partial charge in [-0.1, -0.05) is 0 Å². The first-order valence-electron chi connectivity index (χ1n) is 9.56. The number of aryl methyl sites for hydroxylation is 1. The Morgan fingerprint density at radius 1 is 1.20 bits per heavy atom. The average molecular weight is 498 g/mol. The number of nitro benzene ring substituents is 1. The standard InChI is InChI=1S/C20H17F3N4O8/c1-10-6-11(35-20(21,22)23)4-5-13(10)24-17(28)9-26-19(29)34-18(25-26)12-7-15(32-2)16(33-3)8-14(12)27(30)31/h4-8H,9H2,1-3H3,(H,24,28). The van der Waals surface area contributed by atoms with Crippen LogP contribution in [0.15, 0.2) is 39.5 Å². The number of nitrogens with zero attached hydrogens (tertiary/aromatic N) is 3. The summed E-state index contributed by atoms with van der Waals surface area (Å²) in [6.07, 6.45) is -4.87. The lowest BCUT2D eigenvalue weighted by atomic mass is 10.1. The van der Waals surface area contributed by atoms with Crippen LogP contribution in [0.4, 0.5) is 24.5 Å². The molecule has 0 spiro atoms. The molecule has 15 heteroatoms. The van der Waals surface area contributed by atoms with Crippen LogP contribution in [-0.4, -0.2) is 41.2 Å². The number of hydrogen-bond acceptors (Lipinski definition) is 9. The van der Waals surface area contributed by atoms with Crippen molar-refractivity contribution in [1.82, 2.24) is 9.78 Å². The average Bonchev–Trinajstić information content (AvgIpc) is 3.13. The number of benzene rings is 2. The normalized spacial score (nSPS) is 11.1. The molecule has 0 atom stereocenters. The molecule has 0 saturated heterocycles. The number of anilines is 1. The van der Waals surface area contributed by atoms with E-state index in [-0.39, 0.29) is 28.3 Å². The molecule has 12 nitrogen and oxygen atoms in total. The van der Waals surface area contributed by atoms with Gasteiger partial charge in [0.1, 0.15) is 17.9 Å². The highest BCUT2D eigenvalue weighted by molar-refractivity contribution is 5.91. The van der Waals surface area contributed by atoms with Crippen molar-refractivity contribution in [1.29, 1.82) is 0 Å². The van der Waals surface area contributed by atoms with Crippen LogP contribution in [0.5, 0.6) is 17.2 Å². The van der Waals surface area contributed by atoms with E-state index in [1.165, 1.54) is 33.3 Å². The molecule has 0 radical (unpaired) electrons. The Balaban J connectivity index is 1.83. The van der Waals surface area contributed by atoms with Crippen LogP contribution in [0.25, 0.3) is 11.5 Å². The summed E-state index contributed by atoms with van der Waals surface area (Å²) in [4.78, 5) is 35.4. The smallest absolute Gasteiger partial charge is 0.493 e. The maximum absolute atomic E-state index is 12.4. The van der Waals surface area contributed by atoms with Crippen LogP contribution in [0.3, 0.4) is 0 Å². The molecule has 186 valence electrons. The van der Waals surface area contributed by atoms with Crippen LogP contribution < -0.4 is 25.3 Å². The third-order valence-electron chi connectivity index (χ3n) is 4.53. The fraction of sp³-hybridized carbons (Fsp3) is 0.250. The van der Waals surface area contributed by atoms with E-state index in [1.54, 1.807) is 0 Å². The van der Waals surface area contributed by atoms with E-state index in [4.69, 9.17) is 13.9 Å². The number of alkyl halides is 3. The van der Waals surface area contributed by atoms with Gasteiger partial charge in [0.25, 0.3) is 11.6 Å². The van der Waals surface area contributed by atoms with Gasteiger partial charge in [0.15, 0.2) is 11.5 Å². The van der Waals surface area contributed by atoms with Crippen molar-refractivity contribution in [3.05, 3.63) is 56.6 Å². The number of hydrogen-bond donors (Lipinski definition) is 1. The summed E-state index contributed by atoms with van der Waals surface area (Å²) in [7, 11) is 2.59. The molecular formula is C20H17F3N4O8. The van der Waals surface area contributed by atoms with E-state index < -0.39 is 46.8 Å². The maximum Gasteiger partial charge on any atom is 0.573 e. The Morgan fingerprint density at radius 2 is 1.86 bits per heavy atom. The van der Waals surface area contributed by atoms with Crippen LogP contribution >= 0.6 is 0 Å². The molecular weight excluding hydrogens is 481 g/mol. The second-order valence-electron chi connectivity index (χ2n) is 6.88.